The standard InChI is InChI=1S/C14H18ClNO2/c15-8-6-12-7-9-16(10-12)14(17)18-11-13-4-2-1-3-5-13/h1-5,12H,6-11H2. The summed E-state index contributed by atoms with van der Waals surface area (Å²) in [6.07, 6.45) is 1.80. The third kappa shape index (κ3) is 3.64. The molecule has 1 unspecified atom stereocenters. The van der Waals surface area contributed by atoms with E-state index in [9.17, 15) is 4.79 Å². The molecule has 1 aliphatic rings. The van der Waals surface area contributed by atoms with Gasteiger partial charge in [-0.25, -0.2) is 4.79 Å². The second kappa shape index (κ2) is 6.64. The Labute approximate surface area is 113 Å². The van der Waals surface area contributed by atoms with E-state index in [4.69, 9.17) is 16.3 Å². The van der Waals surface area contributed by atoms with Gasteiger partial charge in [-0.3, -0.25) is 0 Å². The number of likely N-dealkylation sites (tertiary alicyclic amines) is 1. The van der Waals surface area contributed by atoms with Gasteiger partial charge in [-0.15, -0.1) is 11.6 Å². The van der Waals surface area contributed by atoms with E-state index >= 15 is 0 Å². The predicted molar refractivity (Wildman–Crippen MR) is 71.6 cm³/mol. The Morgan fingerprint density at radius 1 is 1.39 bits per heavy atom. The normalized spacial score (nSPS) is 18.9. The largest absolute Gasteiger partial charge is 0.445 e. The van der Waals surface area contributed by atoms with Gasteiger partial charge in [0.25, 0.3) is 0 Å². The molecule has 1 fully saturated rings. The quantitative estimate of drug-likeness (QED) is 0.784. The van der Waals surface area contributed by atoms with Crippen LogP contribution in [-0.2, 0) is 11.3 Å². The number of carbonyl (C=O) groups is 1. The molecule has 1 aromatic carbocycles. The van der Waals surface area contributed by atoms with Crippen LogP contribution >= 0.6 is 11.6 Å². The lowest BCUT2D eigenvalue weighted by Crippen LogP contribution is -2.29. The molecule has 3 nitrogen and oxygen atoms in total. The first kappa shape index (κ1) is 13.2. The molecule has 1 amide bonds. The molecule has 0 radical (unpaired) electrons. The number of halogens is 1. The zero-order valence-corrected chi connectivity index (χ0v) is 11.1. The van der Waals surface area contributed by atoms with Crippen molar-refractivity contribution in [1.29, 1.82) is 0 Å². The second-order valence-corrected chi connectivity index (χ2v) is 5.00. The van der Waals surface area contributed by atoms with Gasteiger partial charge >= 0.3 is 6.09 Å². The van der Waals surface area contributed by atoms with Crippen LogP contribution in [0.15, 0.2) is 30.3 Å². The Morgan fingerprint density at radius 3 is 2.89 bits per heavy atom. The van der Waals surface area contributed by atoms with Gasteiger partial charge in [-0.1, -0.05) is 30.3 Å². The van der Waals surface area contributed by atoms with Crippen molar-refractivity contribution in [3.63, 3.8) is 0 Å². The molecular weight excluding hydrogens is 250 g/mol. The fraction of sp³-hybridized carbons (Fsp3) is 0.500. The van der Waals surface area contributed by atoms with Crippen LogP contribution in [0.1, 0.15) is 18.4 Å². The maximum atomic E-state index is 11.8. The highest BCUT2D eigenvalue weighted by atomic mass is 35.5. The van der Waals surface area contributed by atoms with Crippen LogP contribution in [0.25, 0.3) is 0 Å². The molecule has 0 aliphatic carbocycles. The van der Waals surface area contributed by atoms with Crippen LogP contribution in [0.3, 0.4) is 0 Å². The number of benzene rings is 1. The molecule has 0 aromatic heterocycles. The van der Waals surface area contributed by atoms with Crippen molar-refractivity contribution in [1.82, 2.24) is 4.90 Å². The monoisotopic (exact) mass is 267 g/mol. The van der Waals surface area contributed by atoms with Crippen molar-refractivity contribution in [2.24, 2.45) is 5.92 Å². The van der Waals surface area contributed by atoms with Crippen LogP contribution in [-0.4, -0.2) is 30.0 Å². The third-order valence-electron chi connectivity index (χ3n) is 3.27. The van der Waals surface area contributed by atoms with E-state index in [2.05, 4.69) is 0 Å². The molecule has 1 aromatic rings. The van der Waals surface area contributed by atoms with Gasteiger partial charge < -0.3 is 9.64 Å². The molecule has 0 spiro atoms. The molecule has 1 heterocycles. The van der Waals surface area contributed by atoms with E-state index in [-0.39, 0.29) is 6.09 Å². The van der Waals surface area contributed by atoms with Crippen LogP contribution in [0.5, 0.6) is 0 Å². The van der Waals surface area contributed by atoms with Gasteiger partial charge in [0.2, 0.25) is 0 Å². The van der Waals surface area contributed by atoms with Crippen molar-refractivity contribution in [2.75, 3.05) is 19.0 Å². The molecule has 1 aliphatic heterocycles. The first-order valence-corrected chi connectivity index (χ1v) is 6.84. The molecule has 0 bridgehead atoms. The highest BCUT2D eigenvalue weighted by molar-refractivity contribution is 6.17. The number of nitrogens with zero attached hydrogens (tertiary/aromatic N) is 1. The fourth-order valence-electron chi connectivity index (χ4n) is 2.20. The summed E-state index contributed by atoms with van der Waals surface area (Å²) in [6.45, 7) is 1.91. The van der Waals surface area contributed by atoms with E-state index in [0.717, 1.165) is 31.5 Å². The van der Waals surface area contributed by atoms with Crippen LogP contribution in [0, 0.1) is 5.92 Å². The molecule has 1 atom stereocenters. The summed E-state index contributed by atoms with van der Waals surface area (Å²) >= 11 is 5.72. The summed E-state index contributed by atoms with van der Waals surface area (Å²) in [5.74, 6) is 1.20. The second-order valence-electron chi connectivity index (χ2n) is 4.62. The predicted octanol–water partition coefficient (Wildman–Crippen LogP) is 3.27. The topological polar surface area (TPSA) is 29.5 Å². The van der Waals surface area contributed by atoms with Crippen molar-refractivity contribution in [2.45, 2.75) is 19.4 Å². The smallest absolute Gasteiger partial charge is 0.410 e. The van der Waals surface area contributed by atoms with E-state index in [1.807, 2.05) is 30.3 Å². The number of hydrogen-bond donors (Lipinski definition) is 0. The molecule has 4 heteroatoms. The molecule has 18 heavy (non-hydrogen) atoms. The SMILES string of the molecule is O=C(OCc1ccccc1)N1CCC(CCCl)C1. The minimum Gasteiger partial charge on any atom is -0.445 e. The molecule has 98 valence electrons. The highest BCUT2D eigenvalue weighted by Crippen LogP contribution is 2.20. The number of alkyl halides is 1. The van der Waals surface area contributed by atoms with Crippen molar-refractivity contribution >= 4 is 17.7 Å². The molecule has 2 rings (SSSR count). The maximum absolute atomic E-state index is 11.8. The number of rotatable bonds is 4. The number of ether oxygens (including phenoxy) is 1. The van der Waals surface area contributed by atoms with Crippen molar-refractivity contribution < 1.29 is 9.53 Å². The lowest BCUT2D eigenvalue weighted by atomic mass is 10.1. The zero-order chi connectivity index (χ0) is 12.8. The summed E-state index contributed by atoms with van der Waals surface area (Å²) in [4.78, 5) is 13.6. The summed E-state index contributed by atoms with van der Waals surface area (Å²) in [6, 6.07) is 9.73. The van der Waals surface area contributed by atoms with Crippen LogP contribution in [0.2, 0.25) is 0 Å². The Bertz CT molecular complexity index is 383. The average molecular weight is 268 g/mol. The lowest BCUT2D eigenvalue weighted by Gasteiger charge is -2.16. The van der Waals surface area contributed by atoms with Gasteiger partial charge in [-0.2, -0.15) is 0 Å². The van der Waals surface area contributed by atoms with Gasteiger partial charge in [0.1, 0.15) is 6.61 Å². The number of amides is 1. The molecule has 1 saturated heterocycles. The summed E-state index contributed by atoms with van der Waals surface area (Å²) < 4.78 is 5.29. The van der Waals surface area contributed by atoms with Gasteiger partial charge in [0.15, 0.2) is 0 Å². The van der Waals surface area contributed by atoms with E-state index in [1.165, 1.54) is 0 Å². The molecule has 0 N–H and O–H groups in total. The summed E-state index contributed by atoms with van der Waals surface area (Å²) in [7, 11) is 0. The Morgan fingerprint density at radius 2 is 2.17 bits per heavy atom. The Kier molecular flexibility index (Phi) is 4.88. The Balaban J connectivity index is 1.76. The lowest BCUT2D eigenvalue weighted by molar-refractivity contribution is 0.103. The minimum absolute atomic E-state index is 0.212. The molecule has 0 saturated carbocycles. The fourth-order valence-corrected chi connectivity index (χ4v) is 2.51. The summed E-state index contributed by atoms with van der Waals surface area (Å²) in [5, 5.41) is 0. The van der Waals surface area contributed by atoms with Gasteiger partial charge in [0, 0.05) is 19.0 Å². The number of carbonyl (C=O) groups excluding carboxylic acids is 1. The van der Waals surface area contributed by atoms with E-state index in [0.29, 0.717) is 18.4 Å². The van der Waals surface area contributed by atoms with Gasteiger partial charge in [0.05, 0.1) is 0 Å². The highest BCUT2D eigenvalue weighted by Gasteiger charge is 2.26. The minimum atomic E-state index is -0.212. The first-order valence-electron chi connectivity index (χ1n) is 6.31. The zero-order valence-electron chi connectivity index (χ0n) is 10.3. The average Bonchev–Trinajstić information content (AvgIpc) is 2.86. The van der Waals surface area contributed by atoms with Crippen LogP contribution in [0.4, 0.5) is 4.79 Å². The van der Waals surface area contributed by atoms with E-state index in [1.54, 1.807) is 4.90 Å². The van der Waals surface area contributed by atoms with E-state index < -0.39 is 0 Å². The maximum Gasteiger partial charge on any atom is 0.410 e. The van der Waals surface area contributed by atoms with Crippen LogP contribution < -0.4 is 0 Å². The van der Waals surface area contributed by atoms with Crippen molar-refractivity contribution in [3.8, 4) is 0 Å². The third-order valence-corrected chi connectivity index (χ3v) is 3.48. The number of hydrogen-bond acceptors (Lipinski definition) is 2. The Hall–Kier alpha value is -1.22. The van der Waals surface area contributed by atoms with Gasteiger partial charge in [-0.05, 0) is 24.3 Å². The summed E-state index contributed by atoms with van der Waals surface area (Å²) in [5.41, 5.74) is 1.02. The van der Waals surface area contributed by atoms with Crippen molar-refractivity contribution in [3.05, 3.63) is 35.9 Å². The first-order chi connectivity index (χ1) is 8.79. The molecular formula is C14H18ClNO2.